The Morgan fingerprint density at radius 1 is 1.08 bits per heavy atom. The summed E-state index contributed by atoms with van der Waals surface area (Å²) < 4.78 is 23.4. The first-order chi connectivity index (χ1) is 12.4. The van der Waals surface area contributed by atoms with Crippen molar-refractivity contribution in [2.24, 2.45) is 0 Å². The van der Waals surface area contributed by atoms with Gasteiger partial charge >= 0.3 is 0 Å². The van der Waals surface area contributed by atoms with E-state index in [1.165, 1.54) is 35.9 Å². The van der Waals surface area contributed by atoms with Crippen molar-refractivity contribution in [3.63, 3.8) is 0 Å². The SMILES string of the molecule is CCCCc1ccc(-c2nc(C)c(-c3ccnc(S(C)(=O)=O)n3)s2)cc1. The van der Waals surface area contributed by atoms with E-state index in [0.717, 1.165) is 33.8 Å². The second kappa shape index (κ2) is 7.63. The quantitative estimate of drug-likeness (QED) is 0.589. The van der Waals surface area contributed by atoms with Gasteiger partial charge in [0.25, 0.3) is 0 Å². The molecule has 2 aromatic heterocycles. The Kier molecular flexibility index (Phi) is 5.48. The van der Waals surface area contributed by atoms with Crippen molar-refractivity contribution in [3.05, 3.63) is 47.8 Å². The van der Waals surface area contributed by atoms with Crippen LogP contribution in [0.4, 0.5) is 0 Å². The number of unbranched alkanes of at least 4 members (excludes halogenated alkanes) is 1. The highest BCUT2D eigenvalue weighted by molar-refractivity contribution is 7.90. The van der Waals surface area contributed by atoms with E-state index in [2.05, 4.69) is 46.1 Å². The van der Waals surface area contributed by atoms with E-state index < -0.39 is 9.84 Å². The Morgan fingerprint density at radius 2 is 1.81 bits per heavy atom. The summed E-state index contributed by atoms with van der Waals surface area (Å²) >= 11 is 1.51. The smallest absolute Gasteiger partial charge is 0.241 e. The Hall–Kier alpha value is -2.12. The fourth-order valence-corrected chi connectivity index (χ4v) is 4.16. The molecule has 7 heteroatoms. The molecule has 136 valence electrons. The van der Waals surface area contributed by atoms with Crippen LogP contribution >= 0.6 is 11.3 Å². The second-order valence-electron chi connectivity index (χ2n) is 6.23. The highest BCUT2D eigenvalue weighted by atomic mass is 32.2. The first-order valence-corrected chi connectivity index (χ1v) is 11.2. The molecule has 5 nitrogen and oxygen atoms in total. The summed E-state index contributed by atoms with van der Waals surface area (Å²) in [6, 6.07) is 10.2. The topological polar surface area (TPSA) is 72.8 Å². The number of hydrogen-bond donors (Lipinski definition) is 0. The third kappa shape index (κ3) is 4.16. The molecule has 1 aromatic carbocycles. The van der Waals surface area contributed by atoms with Crippen LogP contribution in [0.3, 0.4) is 0 Å². The molecular formula is C19H21N3O2S2. The van der Waals surface area contributed by atoms with E-state index in [9.17, 15) is 8.42 Å². The monoisotopic (exact) mass is 387 g/mol. The molecule has 0 N–H and O–H groups in total. The number of aryl methyl sites for hydroxylation is 2. The molecular weight excluding hydrogens is 366 g/mol. The second-order valence-corrected chi connectivity index (χ2v) is 9.14. The predicted molar refractivity (Wildman–Crippen MR) is 105 cm³/mol. The maximum atomic E-state index is 11.7. The molecule has 3 aromatic rings. The van der Waals surface area contributed by atoms with Crippen LogP contribution in [0.25, 0.3) is 21.1 Å². The Bertz CT molecular complexity index is 1010. The third-order valence-electron chi connectivity index (χ3n) is 4.01. The average molecular weight is 388 g/mol. The lowest BCUT2D eigenvalue weighted by molar-refractivity contribution is 0.593. The van der Waals surface area contributed by atoms with Gasteiger partial charge in [0.15, 0.2) is 0 Å². The predicted octanol–water partition coefficient (Wildman–Crippen LogP) is 4.32. The molecule has 0 amide bonds. The highest BCUT2D eigenvalue weighted by Gasteiger charge is 2.16. The maximum absolute atomic E-state index is 11.7. The van der Waals surface area contributed by atoms with E-state index >= 15 is 0 Å². The zero-order chi connectivity index (χ0) is 18.7. The standard InChI is InChI=1S/C19H21N3O2S2/c1-4-5-6-14-7-9-15(10-8-14)18-21-13(2)17(25-18)16-11-12-20-19(22-16)26(3,23)24/h7-12H,4-6H2,1-3H3. The van der Waals surface area contributed by atoms with Crippen LogP contribution in [0.2, 0.25) is 0 Å². The van der Waals surface area contributed by atoms with Crippen LogP contribution in [0.1, 0.15) is 31.0 Å². The van der Waals surface area contributed by atoms with Crippen molar-refractivity contribution in [2.75, 3.05) is 6.26 Å². The zero-order valence-corrected chi connectivity index (χ0v) is 16.7. The zero-order valence-electron chi connectivity index (χ0n) is 15.1. The Morgan fingerprint density at radius 3 is 2.46 bits per heavy atom. The summed E-state index contributed by atoms with van der Waals surface area (Å²) in [6.45, 7) is 4.10. The first-order valence-electron chi connectivity index (χ1n) is 8.48. The molecule has 2 heterocycles. The van der Waals surface area contributed by atoms with Crippen molar-refractivity contribution >= 4 is 21.2 Å². The molecule has 0 aliphatic carbocycles. The van der Waals surface area contributed by atoms with Crippen molar-refractivity contribution in [2.45, 2.75) is 38.3 Å². The number of sulfone groups is 1. The third-order valence-corrected chi connectivity index (χ3v) is 6.10. The van der Waals surface area contributed by atoms with Gasteiger partial charge in [0.05, 0.1) is 16.3 Å². The average Bonchev–Trinajstić information content (AvgIpc) is 3.01. The highest BCUT2D eigenvalue weighted by Crippen LogP contribution is 2.34. The van der Waals surface area contributed by atoms with Gasteiger partial charge in [-0.3, -0.25) is 0 Å². The number of thiazole rings is 1. The lowest BCUT2D eigenvalue weighted by Gasteiger charge is -2.01. The van der Waals surface area contributed by atoms with Crippen LogP contribution in [0, 0.1) is 6.92 Å². The molecule has 0 radical (unpaired) electrons. The number of hydrogen-bond acceptors (Lipinski definition) is 6. The van der Waals surface area contributed by atoms with Gasteiger partial charge < -0.3 is 0 Å². The molecule has 0 saturated carbocycles. The van der Waals surface area contributed by atoms with Gasteiger partial charge in [-0.05, 0) is 31.4 Å². The van der Waals surface area contributed by atoms with Crippen molar-refractivity contribution in [1.29, 1.82) is 0 Å². The van der Waals surface area contributed by atoms with E-state index in [1.54, 1.807) is 6.07 Å². The molecule has 0 saturated heterocycles. The van der Waals surface area contributed by atoms with E-state index in [-0.39, 0.29) is 5.16 Å². The number of benzene rings is 1. The van der Waals surface area contributed by atoms with Crippen LogP contribution in [-0.2, 0) is 16.3 Å². The Balaban J connectivity index is 1.92. The molecule has 0 atom stereocenters. The lowest BCUT2D eigenvalue weighted by atomic mass is 10.1. The van der Waals surface area contributed by atoms with E-state index in [0.29, 0.717) is 5.69 Å². The molecule has 26 heavy (non-hydrogen) atoms. The maximum Gasteiger partial charge on any atom is 0.247 e. The molecule has 0 aliphatic rings. The minimum atomic E-state index is -3.44. The minimum absolute atomic E-state index is 0.162. The van der Waals surface area contributed by atoms with Crippen LogP contribution in [0.5, 0.6) is 0 Å². The van der Waals surface area contributed by atoms with Gasteiger partial charge in [-0.2, -0.15) is 0 Å². The summed E-state index contributed by atoms with van der Waals surface area (Å²) in [5.41, 5.74) is 3.80. The van der Waals surface area contributed by atoms with Gasteiger partial charge in [-0.15, -0.1) is 11.3 Å². The first kappa shape index (κ1) is 18.7. The molecule has 3 rings (SSSR count). The molecule has 0 spiro atoms. The van der Waals surface area contributed by atoms with Gasteiger partial charge in [0, 0.05) is 18.0 Å². The van der Waals surface area contributed by atoms with E-state index in [4.69, 9.17) is 0 Å². The molecule has 0 unspecified atom stereocenters. The minimum Gasteiger partial charge on any atom is -0.241 e. The summed E-state index contributed by atoms with van der Waals surface area (Å²) in [6.07, 6.45) is 6.05. The fourth-order valence-electron chi connectivity index (χ4n) is 2.60. The van der Waals surface area contributed by atoms with Crippen molar-refractivity contribution in [3.8, 4) is 21.1 Å². The van der Waals surface area contributed by atoms with Crippen molar-refractivity contribution < 1.29 is 8.42 Å². The number of nitrogens with zero attached hydrogens (tertiary/aromatic N) is 3. The van der Waals surface area contributed by atoms with Crippen LogP contribution in [0.15, 0.2) is 41.7 Å². The largest absolute Gasteiger partial charge is 0.247 e. The summed E-state index contributed by atoms with van der Waals surface area (Å²) in [4.78, 5) is 13.6. The van der Waals surface area contributed by atoms with E-state index in [1.807, 2.05) is 6.92 Å². The number of rotatable bonds is 6. The molecule has 0 fully saturated rings. The van der Waals surface area contributed by atoms with Gasteiger partial charge in [-0.1, -0.05) is 37.6 Å². The van der Waals surface area contributed by atoms with Gasteiger partial charge in [0.2, 0.25) is 15.0 Å². The van der Waals surface area contributed by atoms with Crippen molar-refractivity contribution in [1.82, 2.24) is 15.0 Å². The Labute approximate surface area is 158 Å². The summed E-state index contributed by atoms with van der Waals surface area (Å²) in [5.74, 6) is 0. The fraction of sp³-hybridized carbons (Fsp3) is 0.316. The molecule has 0 bridgehead atoms. The van der Waals surface area contributed by atoms with Crippen LogP contribution in [-0.4, -0.2) is 29.6 Å². The molecule has 0 aliphatic heterocycles. The lowest BCUT2D eigenvalue weighted by Crippen LogP contribution is -2.04. The number of aromatic nitrogens is 3. The summed E-state index contributed by atoms with van der Waals surface area (Å²) in [5, 5.41) is 0.740. The van der Waals surface area contributed by atoms with Gasteiger partial charge in [0.1, 0.15) is 5.01 Å². The van der Waals surface area contributed by atoms with Gasteiger partial charge in [-0.25, -0.2) is 23.4 Å². The summed E-state index contributed by atoms with van der Waals surface area (Å²) in [7, 11) is -3.44. The van der Waals surface area contributed by atoms with Crippen LogP contribution < -0.4 is 0 Å². The normalized spacial score (nSPS) is 11.7.